The van der Waals surface area contributed by atoms with E-state index in [1.165, 1.54) is 6.08 Å². The lowest BCUT2D eigenvalue weighted by atomic mass is 10.2. The van der Waals surface area contributed by atoms with Crippen molar-refractivity contribution >= 4 is 11.9 Å². The Kier molecular flexibility index (Phi) is 3.02. The maximum atomic E-state index is 10.9. The molecule has 0 aromatic rings. The first-order chi connectivity index (χ1) is 6.15. The summed E-state index contributed by atoms with van der Waals surface area (Å²) in [6, 6.07) is 0. The van der Waals surface area contributed by atoms with Crippen LogP contribution in [0.5, 0.6) is 0 Å². The average molecular weight is 186 g/mol. The Hall–Kier alpha value is -1.36. The standard InChI is InChI=1S/C8H10O5/c1-2-12-8(11)7(10)5-3-4-6(9)13-5/h3-5,7,10H,2H2,1H3. The average Bonchev–Trinajstić information content (AvgIpc) is 2.51. The van der Waals surface area contributed by atoms with Crippen LogP contribution in [0.2, 0.25) is 0 Å². The van der Waals surface area contributed by atoms with Crippen molar-refractivity contribution in [3.05, 3.63) is 12.2 Å². The summed E-state index contributed by atoms with van der Waals surface area (Å²) in [5, 5.41) is 9.26. The number of aliphatic hydroxyl groups is 1. The second kappa shape index (κ2) is 4.04. The third kappa shape index (κ3) is 2.29. The highest BCUT2D eigenvalue weighted by Crippen LogP contribution is 2.10. The van der Waals surface area contributed by atoms with E-state index in [2.05, 4.69) is 9.47 Å². The zero-order valence-corrected chi connectivity index (χ0v) is 7.10. The largest absolute Gasteiger partial charge is 0.464 e. The maximum Gasteiger partial charge on any atom is 0.339 e. The summed E-state index contributed by atoms with van der Waals surface area (Å²) in [6.07, 6.45) is 0.144. The van der Waals surface area contributed by atoms with Gasteiger partial charge in [0.15, 0.2) is 12.2 Å². The van der Waals surface area contributed by atoms with E-state index in [4.69, 9.17) is 0 Å². The minimum Gasteiger partial charge on any atom is -0.464 e. The highest BCUT2D eigenvalue weighted by Gasteiger charge is 2.31. The maximum absolute atomic E-state index is 10.9. The molecule has 0 spiro atoms. The molecule has 1 aliphatic heterocycles. The second-order valence-corrected chi connectivity index (χ2v) is 2.46. The van der Waals surface area contributed by atoms with Crippen molar-refractivity contribution in [1.82, 2.24) is 0 Å². The fourth-order valence-corrected chi connectivity index (χ4v) is 0.918. The van der Waals surface area contributed by atoms with Gasteiger partial charge in [0.05, 0.1) is 6.61 Å². The molecular weight excluding hydrogens is 176 g/mol. The number of hydrogen-bond donors (Lipinski definition) is 1. The molecule has 13 heavy (non-hydrogen) atoms. The summed E-state index contributed by atoms with van der Waals surface area (Å²) in [5.41, 5.74) is 0. The molecule has 1 rings (SSSR count). The number of carbonyl (C=O) groups excluding carboxylic acids is 2. The summed E-state index contributed by atoms with van der Waals surface area (Å²) in [4.78, 5) is 21.5. The fourth-order valence-electron chi connectivity index (χ4n) is 0.918. The molecule has 0 fully saturated rings. The number of rotatable bonds is 3. The number of cyclic esters (lactones) is 1. The van der Waals surface area contributed by atoms with Gasteiger partial charge in [0, 0.05) is 6.08 Å². The van der Waals surface area contributed by atoms with Crippen molar-refractivity contribution in [2.24, 2.45) is 0 Å². The fraction of sp³-hybridized carbons (Fsp3) is 0.500. The molecule has 2 unspecified atom stereocenters. The van der Waals surface area contributed by atoms with Gasteiger partial charge in [0.1, 0.15) is 0 Å². The predicted octanol–water partition coefficient (Wildman–Crippen LogP) is -0.608. The summed E-state index contributed by atoms with van der Waals surface area (Å²) < 4.78 is 9.13. The second-order valence-electron chi connectivity index (χ2n) is 2.46. The highest BCUT2D eigenvalue weighted by atomic mass is 16.6. The van der Waals surface area contributed by atoms with Crippen LogP contribution in [0.15, 0.2) is 12.2 Å². The van der Waals surface area contributed by atoms with Crippen LogP contribution in [0, 0.1) is 0 Å². The number of carbonyl (C=O) groups is 2. The van der Waals surface area contributed by atoms with Gasteiger partial charge in [-0.25, -0.2) is 9.59 Å². The van der Waals surface area contributed by atoms with E-state index < -0.39 is 24.1 Å². The van der Waals surface area contributed by atoms with Crippen LogP contribution < -0.4 is 0 Å². The van der Waals surface area contributed by atoms with Crippen LogP contribution in [-0.2, 0) is 19.1 Å². The van der Waals surface area contributed by atoms with Gasteiger partial charge >= 0.3 is 11.9 Å². The summed E-state index contributed by atoms with van der Waals surface area (Å²) >= 11 is 0. The number of esters is 2. The molecule has 5 nitrogen and oxygen atoms in total. The van der Waals surface area contributed by atoms with Gasteiger partial charge in [-0.15, -0.1) is 0 Å². The van der Waals surface area contributed by atoms with E-state index in [1.54, 1.807) is 6.92 Å². The number of ether oxygens (including phenoxy) is 2. The molecule has 2 atom stereocenters. The summed E-state index contributed by atoms with van der Waals surface area (Å²) in [7, 11) is 0. The van der Waals surface area contributed by atoms with Gasteiger partial charge in [0.2, 0.25) is 0 Å². The van der Waals surface area contributed by atoms with Crippen molar-refractivity contribution in [3.63, 3.8) is 0 Å². The molecule has 0 saturated heterocycles. The van der Waals surface area contributed by atoms with E-state index in [9.17, 15) is 14.7 Å². The Bertz CT molecular complexity index is 245. The molecule has 1 heterocycles. The minimum atomic E-state index is -1.43. The zero-order chi connectivity index (χ0) is 9.84. The van der Waals surface area contributed by atoms with Crippen molar-refractivity contribution in [2.75, 3.05) is 6.61 Å². The molecule has 0 amide bonds. The Morgan fingerprint density at radius 3 is 3.00 bits per heavy atom. The first-order valence-electron chi connectivity index (χ1n) is 3.88. The summed E-state index contributed by atoms with van der Waals surface area (Å²) in [5.74, 6) is -1.35. The van der Waals surface area contributed by atoms with Crippen LogP contribution in [0.1, 0.15) is 6.92 Å². The monoisotopic (exact) mass is 186 g/mol. The van der Waals surface area contributed by atoms with Crippen molar-refractivity contribution in [1.29, 1.82) is 0 Å². The quantitative estimate of drug-likeness (QED) is 0.595. The van der Waals surface area contributed by atoms with Crippen LogP contribution in [0.3, 0.4) is 0 Å². The molecule has 0 saturated carbocycles. The molecule has 0 aromatic carbocycles. The summed E-state index contributed by atoms with van der Waals surface area (Å²) in [6.45, 7) is 1.81. The molecule has 72 valence electrons. The Balaban J connectivity index is 2.48. The SMILES string of the molecule is CCOC(=O)C(O)C1C=CC(=O)O1. The van der Waals surface area contributed by atoms with E-state index in [1.807, 2.05) is 0 Å². The molecule has 0 aromatic heterocycles. The van der Waals surface area contributed by atoms with Gasteiger partial charge in [-0.05, 0) is 13.0 Å². The molecule has 0 bridgehead atoms. The number of hydrogen-bond acceptors (Lipinski definition) is 5. The van der Waals surface area contributed by atoms with E-state index in [-0.39, 0.29) is 6.61 Å². The van der Waals surface area contributed by atoms with Crippen molar-refractivity contribution < 1.29 is 24.2 Å². The Morgan fingerprint density at radius 2 is 2.54 bits per heavy atom. The van der Waals surface area contributed by atoms with Crippen LogP contribution in [-0.4, -0.2) is 35.9 Å². The van der Waals surface area contributed by atoms with Crippen LogP contribution >= 0.6 is 0 Å². The van der Waals surface area contributed by atoms with Gasteiger partial charge in [-0.1, -0.05) is 0 Å². The smallest absolute Gasteiger partial charge is 0.339 e. The van der Waals surface area contributed by atoms with E-state index >= 15 is 0 Å². The predicted molar refractivity (Wildman–Crippen MR) is 41.7 cm³/mol. The van der Waals surface area contributed by atoms with E-state index in [0.29, 0.717) is 0 Å². The van der Waals surface area contributed by atoms with E-state index in [0.717, 1.165) is 6.08 Å². The Labute approximate surface area is 74.9 Å². The molecule has 0 aliphatic carbocycles. The number of aliphatic hydroxyl groups excluding tert-OH is 1. The van der Waals surface area contributed by atoms with Gasteiger partial charge in [-0.3, -0.25) is 0 Å². The van der Waals surface area contributed by atoms with Gasteiger partial charge in [-0.2, -0.15) is 0 Å². The highest BCUT2D eigenvalue weighted by molar-refractivity contribution is 5.86. The van der Waals surface area contributed by atoms with Gasteiger partial charge in [0.25, 0.3) is 0 Å². The zero-order valence-electron chi connectivity index (χ0n) is 7.10. The molecular formula is C8H10O5. The van der Waals surface area contributed by atoms with Crippen LogP contribution in [0.4, 0.5) is 0 Å². The first-order valence-corrected chi connectivity index (χ1v) is 3.88. The minimum absolute atomic E-state index is 0.181. The first kappa shape index (κ1) is 9.73. The third-order valence-corrected chi connectivity index (χ3v) is 1.51. The molecule has 5 heteroatoms. The van der Waals surface area contributed by atoms with Crippen LogP contribution in [0.25, 0.3) is 0 Å². The Morgan fingerprint density at radius 1 is 1.85 bits per heavy atom. The van der Waals surface area contributed by atoms with Crippen molar-refractivity contribution in [3.8, 4) is 0 Å². The lowest BCUT2D eigenvalue weighted by Gasteiger charge is -2.14. The van der Waals surface area contributed by atoms with Gasteiger partial charge < -0.3 is 14.6 Å². The normalized spacial score (nSPS) is 22.6. The third-order valence-electron chi connectivity index (χ3n) is 1.51. The molecule has 1 N–H and O–H groups in total. The van der Waals surface area contributed by atoms with Crippen molar-refractivity contribution in [2.45, 2.75) is 19.1 Å². The topological polar surface area (TPSA) is 72.8 Å². The lowest BCUT2D eigenvalue weighted by molar-refractivity contribution is -0.161. The molecule has 0 radical (unpaired) electrons. The molecule has 1 aliphatic rings. The lowest BCUT2D eigenvalue weighted by Crippen LogP contribution is -2.35.